The molecule has 0 aromatic carbocycles. The van der Waals surface area contributed by atoms with Crippen molar-refractivity contribution < 1.29 is 4.79 Å². The molecule has 0 saturated heterocycles. The average Bonchev–Trinajstić information content (AvgIpc) is 3.33. The van der Waals surface area contributed by atoms with Crippen molar-refractivity contribution in [2.24, 2.45) is 0 Å². The Labute approximate surface area is 157 Å². The lowest BCUT2D eigenvalue weighted by atomic mass is 10.4. The molecule has 4 aromatic heterocycles. The third-order valence-corrected chi connectivity index (χ3v) is 3.94. The summed E-state index contributed by atoms with van der Waals surface area (Å²) in [6.07, 6.45) is 2.85. The van der Waals surface area contributed by atoms with E-state index >= 15 is 0 Å². The highest BCUT2D eigenvalue weighted by Gasteiger charge is 2.14. The normalized spacial score (nSPS) is 11.1. The summed E-state index contributed by atoms with van der Waals surface area (Å²) in [5.74, 6) is 0.365. The van der Waals surface area contributed by atoms with Crippen molar-refractivity contribution >= 4 is 11.7 Å². The van der Waals surface area contributed by atoms with Crippen LogP contribution in [-0.2, 0) is 6.54 Å². The van der Waals surface area contributed by atoms with Crippen molar-refractivity contribution in [1.29, 1.82) is 0 Å². The molecule has 1 N–H and O–H groups in total. The molecule has 0 unspecified atom stereocenters. The molecule has 0 saturated carbocycles. The fraction of sp³-hybridized carbons (Fsp3) is 0.250. The van der Waals surface area contributed by atoms with Crippen molar-refractivity contribution in [2.75, 3.05) is 6.54 Å². The predicted octanol–water partition coefficient (Wildman–Crippen LogP) is -0.691. The topological polar surface area (TPSA) is 138 Å². The summed E-state index contributed by atoms with van der Waals surface area (Å²) >= 11 is 0. The summed E-state index contributed by atoms with van der Waals surface area (Å²) in [6.45, 7) is 4.06. The lowest BCUT2D eigenvalue weighted by Gasteiger charge is -2.07. The van der Waals surface area contributed by atoms with Gasteiger partial charge in [0, 0.05) is 24.0 Å². The van der Waals surface area contributed by atoms with Gasteiger partial charge in [-0.05, 0) is 26.0 Å². The lowest BCUT2D eigenvalue weighted by molar-refractivity contribution is 0.0941. The molecule has 4 rings (SSSR count). The van der Waals surface area contributed by atoms with Gasteiger partial charge in [0.1, 0.15) is 12.7 Å². The molecule has 12 nitrogen and oxygen atoms in total. The first-order valence-corrected chi connectivity index (χ1v) is 8.43. The summed E-state index contributed by atoms with van der Waals surface area (Å²) in [5, 5.41) is 15.0. The third kappa shape index (κ3) is 3.34. The molecule has 0 aliphatic heterocycles. The van der Waals surface area contributed by atoms with Gasteiger partial charge in [0.2, 0.25) is 5.82 Å². The second-order valence-electron chi connectivity index (χ2n) is 6.03. The summed E-state index contributed by atoms with van der Waals surface area (Å²) in [4.78, 5) is 36.6. The molecule has 28 heavy (non-hydrogen) atoms. The number of hydrogen-bond acceptors (Lipinski definition) is 8. The average molecular weight is 380 g/mol. The molecule has 4 heterocycles. The number of hydrogen-bond donors (Lipinski definition) is 1. The van der Waals surface area contributed by atoms with Crippen molar-refractivity contribution in [3.63, 3.8) is 0 Å². The molecule has 0 aliphatic carbocycles. The Balaban J connectivity index is 1.45. The first kappa shape index (κ1) is 17.5. The number of carbonyl (C=O) groups excluding carboxylic acids is 1. The molecule has 0 bridgehead atoms. The van der Waals surface area contributed by atoms with Crippen molar-refractivity contribution in [3.8, 4) is 5.82 Å². The van der Waals surface area contributed by atoms with Crippen LogP contribution in [0.1, 0.15) is 22.0 Å². The van der Waals surface area contributed by atoms with Crippen LogP contribution in [0, 0.1) is 13.8 Å². The Morgan fingerprint density at radius 1 is 1.18 bits per heavy atom. The van der Waals surface area contributed by atoms with E-state index < -0.39 is 5.91 Å². The molecule has 142 valence electrons. The highest BCUT2D eigenvalue weighted by atomic mass is 16.2. The fourth-order valence-corrected chi connectivity index (χ4v) is 2.66. The highest BCUT2D eigenvalue weighted by Crippen LogP contribution is 2.05. The Kier molecular flexibility index (Phi) is 4.35. The van der Waals surface area contributed by atoms with Gasteiger partial charge in [-0.15, -0.1) is 10.2 Å². The van der Waals surface area contributed by atoms with E-state index in [1.165, 1.54) is 32.6 Å². The van der Waals surface area contributed by atoms with E-state index in [0.29, 0.717) is 11.6 Å². The Morgan fingerprint density at radius 2 is 2.04 bits per heavy atom. The van der Waals surface area contributed by atoms with Crippen LogP contribution < -0.4 is 10.9 Å². The summed E-state index contributed by atoms with van der Waals surface area (Å²) in [6, 6.07) is 4.78. The van der Waals surface area contributed by atoms with Gasteiger partial charge in [0.25, 0.3) is 17.2 Å². The third-order valence-electron chi connectivity index (χ3n) is 3.94. The molecule has 4 aromatic rings. The molecule has 0 aliphatic rings. The van der Waals surface area contributed by atoms with Crippen LogP contribution in [0.5, 0.6) is 0 Å². The van der Waals surface area contributed by atoms with Crippen LogP contribution in [-0.4, -0.2) is 56.6 Å². The molecule has 12 heteroatoms. The number of nitrogens with one attached hydrogen (secondary N) is 1. The van der Waals surface area contributed by atoms with E-state index in [0.717, 1.165) is 11.4 Å². The van der Waals surface area contributed by atoms with Crippen LogP contribution in [0.4, 0.5) is 0 Å². The number of carbonyl (C=O) groups is 1. The standard InChI is InChI=1S/C16H16N10O2/c1-10-7-11(2)26-16(20-10)21-14(23-26)15(28)18-5-6-24-13(27)4-3-12(22-24)25-9-17-8-19-25/h3-4,7-9H,5-6H2,1-2H3,(H,18,28). The first-order valence-electron chi connectivity index (χ1n) is 8.43. The van der Waals surface area contributed by atoms with Crippen molar-refractivity contribution in [1.82, 2.24) is 49.4 Å². The zero-order valence-corrected chi connectivity index (χ0v) is 15.1. The number of rotatable bonds is 5. The monoisotopic (exact) mass is 380 g/mol. The maximum absolute atomic E-state index is 12.3. The van der Waals surface area contributed by atoms with E-state index in [2.05, 4.69) is 35.6 Å². The van der Waals surface area contributed by atoms with Crippen LogP contribution in [0.3, 0.4) is 0 Å². The number of aryl methyl sites for hydroxylation is 2. The van der Waals surface area contributed by atoms with Gasteiger partial charge in [-0.1, -0.05) is 0 Å². The molecule has 1 amide bonds. The second-order valence-corrected chi connectivity index (χ2v) is 6.03. The zero-order chi connectivity index (χ0) is 19.7. The summed E-state index contributed by atoms with van der Waals surface area (Å²) in [5.41, 5.74) is 1.33. The zero-order valence-electron chi connectivity index (χ0n) is 15.1. The Bertz CT molecular complexity index is 1210. The Morgan fingerprint density at radius 3 is 2.82 bits per heavy atom. The fourth-order valence-electron chi connectivity index (χ4n) is 2.66. The summed E-state index contributed by atoms with van der Waals surface area (Å²) < 4.78 is 4.19. The van der Waals surface area contributed by atoms with E-state index in [4.69, 9.17) is 0 Å². The van der Waals surface area contributed by atoms with Gasteiger partial charge in [0.15, 0.2) is 5.82 Å². The molecule has 0 atom stereocenters. The van der Waals surface area contributed by atoms with Gasteiger partial charge in [-0.25, -0.2) is 23.8 Å². The maximum atomic E-state index is 12.3. The van der Waals surface area contributed by atoms with Gasteiger partial charge in [-0.2, -0.15) is 10.1 Å². The number of fused-ring (bicyclic) bond motifs is 1. The van der Waals surface area contributed by atoms with E-state index in [-0.39, 0.29) is 24.5 Å². The summed E-state index contributed by atoms with van der Waals surface area (Å²) in [7, 11) is 0. The number of amides is 1. The van der Waals surface area contributed by atoms with Gasteiger partial charge < -0.3 is 5.32 Å². The Hall–Kier alpha value is -3.96. The molecular formula is C16H16N10O2. The quantitative estimate of drug-likeness (QED) is 0.480. The second kappa shape index (κ2) is 6.98. The minimum absolute atomic E-state index is 0.0119. The largest absolute Gasteiger partial charge is 0.347 e. The highest BCUT2D eigenvalue weighted by molar-refractivity contribution is 5.90. The first-order chi connectivity index (χ1) is 13.5. The van der Waals surface area contributed by atoms with Crippen LogP contribution >= 0.6 is 0 Å². The maximum Gasteiger partial charge on any atom is 0.291 e. The number of aromatic nitrogens is 9. The van der Waals surface area contributed by atoms with Crippen LogP contribution in [0.15, 0.2) is 35.6 Å². The van der Waals surface area contributed by atoms with Crippen molar-refractivity contribution in [3.05, 3.63) is 58.4 Å². The molecule has 0 fully saturated rings. The predicted molar refractivity (Wildman–Crippen MR) is 96.0 cm³/mol. The minimum atomic E-state index is -0.456. The minimum Gasteiger partial charge on any atom is -0.347 e. The molecule has 0 spiro atoms. The van der Waals surface area contributed by atoms with E-state index in [9.17, 15) is 9.59 Å². The lowest BCUT2D eigenvalue weighted by Crippen LogP contribution is -2.32. The smallest absolute Gasteiger partial charge is 0.291 e. The van der Waals surface area contributed by atoms with E-state index in [1.807, 2.05) is 19.9 Å². The molecular weight excluding hydrogens is 364 g/mol. The van der Waals surface area contributed by atoms with Crippen LogP contribution in [0.2, 0.25) is 0 Å². The van der Waals surface area contributed by atoms with Crippen LogP contribution in [0.25, 0.3) is 11.6 Å². The van der Waals surface area contributed by atoms with Crippen molar-refractivity contribution in [2.45, 2.75) is 20.4 Å². The van der Waals surface area contributed by atoms with E-state index in [1.54, 1.807) is 6.07 Å². The number of nitrogens with zero attached hydrogens (tertiary/aromatic N) is 9. The van der Waals surface area contributed by atoms with Gasteiger partial charge in [0.05, 0.1) is 6.54 Å². The van der Waals surface area contributed by atoms with Gasteiger partial charge in [-0.3, -0.25) is 9.59 Å². The van der Waals surface area contributed by atoms with Gasteiger partial charge >= 0.3 is 0 Å². The SMILES string of the molecule is Cc1cc(C)n2nc(C(=O)NCCn3nc(-n4cncn4)ccc3=O)nc2n1. The molecule has 0 radical (unpaired) electrons.